The molecule has 60 heavy (non-hydrogen) atoms. The number of phenols is 3. The molecule has 1 heterocycles. The van der Waals surface area contributed by atoms with Crippen molar-refractivity contribution in [2.75, 3.05) is 0 Å². The van der Waals surface area contributed by atoms with Crippen molar-refractivity contribution in [3.05, 3.63) is 125 Å². The Morgan fingerprint density at radius 2 is 1.17 bits per heavy atom. The summed E-state index contributed by atoms with van der Waals surface area (Å²) >= 11 is 11.5. The molecule has 0 saturated carbocycles. The molecule has 0 atom stereocenters. The molecule has 0 aliphatic heterocycles. The van der Waals surface area contributed by atoms with Crippen LogP contribution in [-0.2, 0) is 20.2 Å². The number of fused-ring (bicyclic) bond motifs is 1. The van der Waals surface area contributed by atoms with Crippen molar-refractivity contribution in [1.29, 1.82) is 0 Å². The molecule has 28 heteroatoms. The molecule has 6 aromatic rings. The van der Waals surface area contributed by atoms with Crippen molar-refractivity contribution in [3.8, 4) is 22.9 Å². The predicted molar refractivity (Wildman–Crippen MR) is 201 cm³/mol. The second kappa shape index (κ2) is 19.7. The van der Waals surface area contributed by atoms with Gasteiger partial charge in [-0.15, -0.1) is 20.5 Å². The summed E-state index contributed by atoms with van der Waals surface area (Å²) in [6.45, 7) is 1.50. The first-order valence-corrected chi connectivity index (χ1v) is 18.9. The number of azo groups is 2. The zero-order chi connectivity index (χ0) is 42.9. The molecular weight excluding hydrogens is 901 g/mol. The minimum Gasteiger partial charge on any atom is -0.744 e. The van der Waals surface area contributed by atoms with Gasteiger partial charge in [-0.2, -0.15) is 0 Å². The molecule has 0 aliphatic rings. The van der Waals surface area contributed by atoms with Crippen LogP contribution in [0.5, 0.6) is 17.2 Å². The Kier molecular flexibility index (Phi) is 16.3. The Labute approximate surface area is 390 Å². The number of nitro benzene ring substituents is 2. The number of rotatable bonds is 9. The van der Waals surface area contributed by atoms with Gasteiger partial charge < -0.3 is 24.4 Å². The van der Waals surface area contributed by atoms with Crippen molar-refractivity contribution in [3.63, 3.8) is 0 Å². The van der Waals surface area contributed by atoms with Gasteiger partial charge in [-0.3, -0.25) is 30.1 Å². The minimum absolute atomic E-state index is 0. The standard InChI is InChI=1S/C16H12ClN5O7S.C16H10ClN3O7S.2Na/c1-8-14(19-18-13-7-10(22(25)26)6-12(17)15(13)23)16(24)21(20-8)9-2-4-11(5-3-9)30(27,28)29;17-11-6-8(20(23)24)7-13(16(11)22)19-18-12-5-4-9-10(15(12)21)2-1-3-14(9)28(25,26)27;;/h2-7,20,23H,1H3,(H,27,28,29);1-7,21-22H,(H,25,26,27);;/q;;2*+1/p-2. The maximum atomic E-state index is 12.6. The summed E-state index contributed by atoms with van der Waals surface area (Å²) in [5, 5.41) is 68.9. The van der Waals surface area contributed by atoms with Gasteiger partial charge in [0.1, 0.15) is 37.3 Å². The average Bonchev–Trinajstić information content (AvgIpc) is 3.44. The molecule has 0 unspecified atom stereocenters. The minimum atomic E-state index is -4.76. The maximum absolute atomic E-state index is 12.6. The Morgan fingerprint density at radius 3 is 1.65 bits per heavy atom. The van der Waals surface area contributed by atoms with E-state index in [4.69, 9.17) is 23.2 Å². The Morgan fingerprint density at radius 1 is 0.667 bits per heavy atom. The van der Waals surface area contributed by atoms with Crippen LogP contribution in [0.1, 0.15) is 5.69 Å². The maximum Gasteiger partial charge on any atom is 1.00 e. The third-order valence-corrected chi connectivity index (χ3v) is 9.99. The topological polar surface area (TPSA) is 349 Å². The van der Waals surface area contributed by atoms with Crippen molar-refractivity contribution in [2.24, 2.45) is 20.5 Å². The largest absolute Gasteiger partial charge is 1.00 e. The van der Waals surface area contributed by atoms with E-state index < -0.39 is 74.1 Å². The Balaban J connectivity index is 0.000000311. The van der Waals surface area contributed by atoms with Crippen LogP contribution in [0.15, 0.2) is 114 Å². The van der Waals surface area contributed by atoms with E-state index in [1.807, 2.05) is 0 Å². The van der Waals surface area contributed by atoms with E-state index in [0.29, 0.717) is 0 Å². The van der Waals surface area contributed by atoms with E-state index >= 15 is 0 Å². The van der Waals surface area contributed by atoms with Crippen LogP contribution >= 0.6 is 23.2 Å². The first-order chi connectivity index (χ1) is 27.1. The predicted octanol–water partition coefficient (Wildman–Crippen LogP) is 1.20. The summed E-state index contributed by atoms with van der Waals surface area (Å²) in [4.78, 5) is 32.0. The van der Waals surface area contributed by atoms with Crippen molar-refractivity contribution in [1.82, 2.24) is 9.78 Å². The number of aromatic amines is 1. The summed E-state index contributed by atoms with van der Waals surface area (Å²) in [7, 11) is -9.40. The molecule has 0 saturated heterocycles. The zero-order valence-electron chi connectivity index (χ0n) is 30.5. The number of benzene rings is 5. The number of phenolic OH excluding ortho intramolecular Hbond substituents is 3. The van der Waals surface area contributed by atoms with Gasteiger partial charge in [0.05, 0.1) is 41.1 Å². The van der Waals surface area contributed by atoms with Crippen molar-refractivity contribution in [2.45, 2.75) is 16.7 Å². The molecule has 0 bridgehead atoms. The van der Waals surface area contributed by atoms with E-state index in [1.54, 1.807) is 0 Å². The van der Waals surface area contributed by atoms with Crippen molar-refractivity contribution < 1.29 is 110 Å². The smallest absolute Gasteiger partial charge is 0.744 e. The normalized spacial score (nSPS) is 11.5. The molecule has 0 radical (unpaired) electrons. The van der Waals surface area contributed by atoms with Crippen LogP contribution in [0.3, 0.4) is 0 Å². The fourth-order valence-corrected chi connectivity index (χ4v) is 6.49. The number of halogens is 2. The van der Waals surface area contributed by atoms with Crippen LogP contribution in [0.2, 0.25) is 10.0 Å². The molecule has 6 rings (SSSR count). The summed E-state index contributed by atoms with van der Waals surface area (Å²) in [6, 6.07) is 14.6. The van der Waals surface area contributed by atoms with E-state index in [-0.39, 0.29) is 114 Å². The molecule has 22 nitrogen and oxygen atoms in total. The van der Waals surface area contributed by atoms with Gasteiger partial charge in [-0.1, -0.05) is 41.4 Å². The third-order valence-electron chi connectivity index (χ3n) is 7.67. The number of hydrogen-bond acceptors (Lipinski definition) is 18. The number of nitrogens with zero attached hydrogens (tertiary/aromatic N) is 7. The van der Waals surface area contributed by atoms with Gasteiger partial charge in [0.2, 0.25) is 0 Å². The van der Waals surface area contributed by atoms with Crippen LogP contribution in [0, 0.1) is 27.2 Å². The van der Waals surface area contributed by atoms with E-state index in [0.717, 1.165) is 47.1 Å². The van der Waals surface area contributed by atoms with Crippen molar-refractivity contribution >= 4 is 88.3 Å². The van der Waals surface area contributed by atoms with Gasteiger partial charge in [0.25, 0.3) is 16.9 Å². The van der Waals surface area contributed by atoms with Crippen LogP contribution in [0.4, 0.5) is 34.1 Å². The first kappa shape index (κ1) is 49.5. The molecular formula is C32H20Cl2N8Na2O14S2. The average molecular weight is 922 g/mol. The van der Waals surface area contributed by atoms with Gasteiger partial charge in [-0.25, -0.2) is 21.5 Å². The molecule has 0 spiro atoms. The molecule has 4 N–H and O–H groups in total. The van der Waals surface area contributed by atoms with E-state index in [1.165, 1.54) is 43.3 Å². The van der Waals surface area contributed by atoms with Gasteiger partial charge in [0, 0.05) is 35.0 Å². The quantitative estimate of drug-likeness (QED) is 0.0521. The third kappa shape index (κ3) is 11.1. The Bertz CT molecular complexity index is 3020. The fourth-order valence-electron chi connectivity index (χ4n) is 4.92. The van der Waals surface area contributed by atoms with Gasteiger partial charge >= 0.3 is 59.1 Å². The number of aryl methyl sites for hydroxylation is 1. The van der Waals surface area contributed by atoms with E-state index in [9.17, 15) is 66.3 Å². The van der Waals surface area contributed by atoms with Gasteiger partial charge in [-0.05, 0) is 43.3 Å². The number of nitro groups is 2. The fraction of sp³-hybridized carbons (Fsp3) is 0.0312. The number of non-ortho nitro benzene ring substituents is 2. The van der Waals surface area contributed by atoms with Crippen LogP contribution in [0.25, 0.3) is 16.5 Å². The number of nitrogens with one attached hydrogen (secondary N) is 1. The molecule has 1 aromatic heterocycles. The first-order valence-electron chi connectivity index (χ1n) is 15.3. The van der Waals surface area contributed by atoms with Crippen LogP contribution in [-0.4, -0.2) is 60.9 Å². The second-order valence-corrected chi connectivity index (χ2v) is 15.0. The molecule has 0 fully saturated rings. The number of hydrogen-bond donors (Lipinski definition) is 4. The summed E-state index contributed by atoms with van der Waals surface area (Å²) in [5.41, 5.74) is -1.97. The summed E-state index contributed by atoms with van der Waals surface area (Å²) < 4.78 is 68.1. The Hall–Kier alpha value is -4.83. The molecule has 5 aromatic carbocycles. The van der Waals surface area contributed by atoms with Crippen LogP contribution < -0.4 is 64.7 Å². The second-order valence-electron chi connectivity index (χ2n) is 11.4. The molecule has 0 aliphatic carbocycles. The summed E-state index contributed by atoms with van der Waals surface area (Å²) in [5.74, 6) is -1.56. The number of H-pyrrole nitrogens is 1. The number of aromatic nitrogens is 2. The molecule has 0 amide bonds. The number of aromatic hydroxyl groups is 3. The molecule has 300 valence electrons. The van der Waals surface area contributed by atoms with Gasteiger partial charge in [0.15, 0.2) is 22.9 Å². The SMILES string of the molecule is Cc1[nH]n(-c2ccc(S(=O)(=O)[O-])cc2)c(=O)c1N=Nc1cc([N+](=O)[O-])cc(Cl)c1O.O=[N+]([O-])c1cc(Cl)c(O)c(N=Nc2ccc3c(S(=O)(=O)[O-])cccc3c2O)c1.[Na+].[Na+]. The summed E-state index contributed by atoms with van der Waals surface area (Å²) in [6.07, 6.45) is 0. The van der Waals surface area contributed by atoms with E-state index in [2.05, 4.69) is 25.6 Å². The zero-order valence-corrected chi connectivity index (χ0v) is 37.7. The monoisotopic (exact) mass is 920 g/mol.